The topological polar surface area (TPSA) is 18.5 Å². The van der Waals surface area contributed by atoms with E-state index in [1.807, 2.05) is 137 Å². The van der Waals surface area contributed by atoms with Crippen LogP contribution in [0.15, 0.2) is 174 Å². The van der Waals surface area contributed by atoms with Gasteiger partial charge in [0.25, 0.3) is 0 Å². The Balaban J connectivity index is 0.000000130. The van der Waals surface area contributed by atoms with Crippen LogP contribution >= 0.6 is 38.6 Å². The number of rotatable bonds is 2. The van der Waals surface area contributed by atoms with Gasteiger partial charge in [-0.3, -0.25) is 0 Å². The first-order chi connectivity index (χ1) is 35.4. The molecule has 2 nitrogen and oxygen atoms in total. The third-order valence-corrected chi connectivity index (χ3v) is 17.3. The summed E-state index contributed by atoms with van der Waals surface area (Å²) in [5, 5.41) is 5.02. The summed E-state index contributed by atoms with van der Waals surface area (Å²) in [7, 11) is -0.509. The Bertz CT molecular complexity index is 3860. The van der Waals surface area contributed by atoms with Gasteiger partial charge in [0, 0.05) is 68.0 Å². The maximum atomic E-state index is 8.45. The third-order valence-electron chi connectivity index (χ3n) is 14.0. The molecule has 0 radical (unpaired) electrons. The lowest BCUT2D eigenvalue weighted by atomic mass is 9.74. The largest absolute Gasteiger partial charge is 0.494 e. The molecular formula is C60H52BBrO2S2. The summed E-state index contributed by atoms with van der Waals surface area (Å²) < 4.78 is 94.0. The van der Waals surface area contributed by atoms with Crippen LogP contribution in [0.2, 0.25) is 0 Å². The number of halogens is 1. The molecule has 1 aliphatic heterocycles. The van der Waals surface area contributed by atoms with Gasteiger partial charge in [-0.1, -0.05) is 173 Å². The normalized spacial score (nSPS) is 20.6. The zero-order valence-electron chi connectivity index (χ0n) is 46.3. The molecule has 0 amide bonds. The fourth-order valence-electron chi connectivity index (χ4n) is 9.77. The van der Waals surface area contributed by atoms with Gasteiger partial charge >= 0.3 is 7.12 Å². The van der Waals surface area contributed by atoms with Crippen molar-refractivity contribution in [1.82, 2.24) is 0 Å². The van der Waals surface area contributed by atoms with E-state index in [0.717, 1.165) is 48.9 Å². The number of hydrogen-bond donors (Lipinski definition) is 0. The van der Waals surface area contributed by atoms with Gasteiger partial charge in [0.2, 0.25) is 0 Å². The highest BCUT2D eigenvalue weighted by molar-refractivity contribution is 9.10. The highest BCUT2D eigenvalue weighted by Gasteiger charge is 2.52. The fraction of sp³-hybridized carbons (Fsp3) is 0.200. The van der Waals surface area contributed by atoms with Crippen LogP contribution in [-0.2, 0) is 20.1 Å². The van der Waals surface area contributed by atoms with Gasteiger partial charge < -0.3 is 9.31 Å². The van der Waals surface area contributed by atoms with E-state index in [-0.39, 0.29) is 0 Å². The number of fused-ring (bicyclic) bond motifs is 12. The first kappa shape index (κ1) is 34.0. The lowest BCUT2D eigenvalue weighted by Gasteiger charge is -2.32. The van der Waals surface area contributed by atoms with E-state index in [9.17, 15) is 0 Å². The predicted molar refractivity (Wildman–Crippen MR) is 289 cm³/mol. The van der Waals surface area contributed by atoms with Gasteiger partial charge in [-0.15, -0.1) is 22.7 Å². The van der Waals surface area contributed by atoms with Gasteiger partial charge in [-0.25, -0.2) is 0 Å². The molecule has 3 heterocycles. The summed E-state index contributed by atoms with van der Waals surface area (Å²) >= 11 is 7.12. The molecule has 2 aliphatic carbocycles. The van der Waals surface area contributed by atoms with Gasteiger partial charge in [0.05, 0.1) is 11.2 Å². The molecule has 1 atom stereocenters. The van der Waals surface area contributed by atoms with Crippen LogP contribution in [0.25, 0.3) is 73.7 Å². The first-order valence-corrected chi connectivity index (χ1v) is 24.6. The monoisotopic (exact) mass is 967 g/mol. The second-order valence-electron chi connectivity index (χ2n) is 18.6. The number of benzene rings is 8. The number of thiophene rings is 2. The third kappa shape index (κ3) is 6.94. The molecule has 0 bridgehead atoms. The standard InChI is InChI=1S/C27H20S.C21H25BO2.C12H7BrS/c1-27(2)23-12-5-3-8-19(23)20-15-14-17(16-24(20)27)18-10-7-11-22-21-9-4-6-13-25(21)28-26(18)22;1-19(2)17-10-8-7-9-15(17)16-12-11-14(13-18(16)19)22-23-20(3,4)21(5,6)24-22;13-10-6-3-5-9-8-4-1-2-7-11(8)14-12(9)10/h3-16H,1-2H3;7-13H,1-6H3;1-7H/i1D3,2D3;1D3;. The molecule has 0 spiro atoms. The molecule has 2 aromatic heterocycles. The Morgan fingerprint density at radius 3 is 1.55 bits per heavy atom. The summed E-state index contributed by atoms with van der Waals surface area (Å²) in [6, 6.07) is 55.7. The van der Waals surface area contributed by atoms with E-state index in [0.29, 0.717) is 22.3 Å². The zero-order valence-corrected chi connectivity index (χ0v) is 40.5. The molecule has 1 fully saturated rings. The van der Waals surface area contributed by atoms with Crippen molar-refractivity contribution in [3.05, 3.63) is 197 Å². The van der Waals surface area contributed by atoms with Crippen LogP contribution in [0.3, 0.4) is 0 Å². The van der Waals surface area contributed by atoms with Gasteiger partial charge in [-0.2, -0.15) is 0 Å². The molecule has 8 aromatic carbocycles. The molecule has 0 saturated carbocycles. The Morgan fingerprint density at radius 1 is 0.439 bits per heavy atom. The molecule has 13 rings (SSSR count). The average molecular weight is 969 g/mol. The summed E-state index contributed by atoms with van der Waals surface area (Å²) in [6.45, 7) is 2.20. The molecule has 326 valence electrons. The van der Waals surface area contributed by atoms with Crippen LogP contribution in [0.1, 0.15) is 89.8 Å². The first-order valence-electron chi connectivity index (χ1n) is 26.7. The lowest BCUT2D eigenvalue weighted by molar-refractivity contribution is 0.00578. The van der Waals surface area contributed by atoms with Crippen LogP contribution < -0.4 is 5.46 Å². The Labute approximate surface area is 418 Å². The molecule has 66 heavy (non-hydrogen) atoms. The summed E-state index contributed by atoms with van der Waals surface area (Å²) in [6.07, 6.45) is 0. The van der Waals surface area contributed by atoms with Crippen molar-refractivity contribution in [2.24, 2.45) is 0 Å². The van der Waals surface area contributed by atoms with E-state index in [1.54, 1.807) is 29.5 Å². The van der Waals surface area contributed by atoms with Crippen LogP contribution in [0.4, 0.5) is 0 Å². The molecule has 6 heteroatoms. The van der Waals surface area contributed by atoms with Gasteiger partial charge in [-0.05, 0) is 129 Å². The smallest absolute Gasteiger partial charge is 0.399 e. The van der Waals surface area contributed by atoms with Crippen LogP contribution in [-0.4, -0.2) is 18.3 Å². The summed E-state index contributed by atoms with van der Waals surface area (Å²) in [4.78, 5) is 0. The molecule has 3 aliphatic rings. The van der Waals surface area contributed by atoms with Crippen LogP contribution in [0, 0.1) is 0 Å². The minimum atomic E-state index is -2.76. The van der Waals surface area contributed by atoms with Crippen molar-refractivity contribution in [2.75, 3.05) is 0 Å². The Morgan fingerprint density at radius 2 is 0.909 bits per heavy atom. The zero-order chi connectivity index (χ0) is 53.3. The molecule has 1 saturated heterocycles. The van der Waals surface area contributed by atoms with E-state index in [1.165, 1.54) is 34.7 Å². The maximum Gasteiger partial charge on any atom is 0.494 e. The van der Waals surface area contributed by atoms with Crippen molar-refractivity contribution in [2.45, 2.75) is 77.2 Å². The van der Waals surface area contributed by atoms with E-state index < -0.39 is 49.7 Å². The van der Waals surface area contributed by atoms with E-state index in [2.05, 4.69) is 76.6 Å². The van der Waals surface area contributed by atoms with Crippen molar-refractivity contribution < 1.29 is 21.6 Å². The SMILES string of the molecule is Brc1cccc2c1sc1ccccc12.[2H]C([2H])([2H])C1(C([2H])([2H])[2H])c2ccccc2-c2ccc(-c3cccc4c3sc3ccccc34)cc21.[2H]C([2H])([2H])C1(C)c2ccccc2-c2ccc(B3OC(C)(C)C(C)(C)O3)cc21. The van der Waals surface area contributed by atoms with Crippen molar-refractivity contribution in [3.63, 3.8) is 0 Å². The molecule has 10 aromatic rings. The van der Waals surface area contributed by atoms with Crippen molar-refractivity contribution in [1.29, 1.82) is 0 Å². The van der Waals surface area contributed by atoms with Crippen molar-refractivity contribution >= 4 is 91.5 Å². The fourth-order valence-corrected chi connectivity index (χ4v) is 12.7. The molecule has 1 unspecified atom stereocenters. The minimum Gasteiger partial charge on any atom is -0.399 e. The molecular weight excluding hydrogens is 908 g/mol. The minimum absolute atomic E-state index is 0.349. The predicted octanol–water partition coefficient (Wildman–Crippen LogP) is 17.1. The highest BCUT2D eigenvalue weighted by atomic mass is 79.9. The Kier molecular flexibility index (Phi) is 8.19. The average Bonchev–Trinajstić information content (AvgIpc) is 4.22. The van der Waals surface area contributed by atoms with Gasteiger partial charge in [0.15, 0.2) is 0 Å². The Hall–Kier alpha value is -5.34. The van der Waals surface area contributed by atoms with E-state index >= 15 is 0 Å². The summed E-state index contributed by atoms with van der Waals surface area (Å²) in [5.41, 5.74) is 4.32. The van der Waals surface area contributed by atoms with Crippen LogP contribution in [0.5, 0.6) is 0 Å². The maximum absolute atomic E-state index is 8.45. The summed E-state index contributed by atoms with van der Waals surface area (Å²) in [5.74, 6) is 0. The highest BCUT2D eigenvalue weighted by Crippen LogP contribution is 2.51. The quantitative estimate of drug-likeness (QED) is 0.161. The second kappa shape index (κ2) is 15.9. The molecule has 0 N–H and O–H groups in total. The lowest BCUT2D eigenvalue weighted by Crippen LogP contribution is -2.41. The van der Waals surface area contributed by atoms with Gasteiger partial charge in [0.1, 0.15) is 0 Å². The van der Waals surface area contributed by atoms with E-state index in [4.69, 9.17) is 21.6 Å². The van der Waals surface area contributed by atoms with Crippen molar-refractivity contribution in [3.8, 4) is 33.4 Å². The number of hydrogen-bond acceptors (Lipinski definition) is 4. The second-order valence-corrected chi connectivity index (χ2v) is 21.6.